The summed E-state index contributed by atoms with van der Waals surface area (Å²) in [5.74, 6) is -0.472. The number of halogens is 1. The van der Waals surface area contributed by atoms with E-state index in [9.17, 15) is 9.18 Å². The summed E-state index contributed by atoms with van der Waals surface area (Å²) < 4.78 is 11.2. The summed E-state index contributed by atoms with van der Waals surface area (Å²) in [5.41, 5.74) is 0. The van der Waals surface area contributed by atoms with Crippen LogP contribution < -0.4 is 5.32 Å². The highest BCUT2D eigenvalue weighted by atomic mass is 32.1. The molecule has 0 saturated carbocycles. The van der Waals surface area contributed by atoms with Crippen molar-refractivity contribution >= 4 is 18.5 Å². The fourth-order valence-electron chi connectivity index (χ4n) is 0.311. The minimum atomic E-state index is -0.472. The molecule has 52 valence electrons. The molecule has 0 aromatic heterocycles. The maximum atomic E-state index is 11.2. The largest absolute Gasteiger partial charge is 0.341 e. The van der Waals surface area contributed by atoms with E-state index in [1.54, 1.807) is 6.92 Å². The standard InChI is InChI=1S/C5H8FNOS/c1-4(9)7-5(8)2-3-6/h2-4,9H,1H3,(H,7,8)/b3-2+. The number of rotatable bonds is 2. The summed E-state index contributed by atoms with van der Waals surface area (Å²) in [6, 6.07) is 0. The van der Waals surface area contributed by atoms with Crippen LogP contribution in [0, 0.1) is 0 Å². The van der Waals surface area contributed by atoms with Crippen LogP contribution in [0.2, 0.25) is 0 Å². The monoisotopic (exact) mass is 149 g/mol. The number of nitrogens with one attached hydrogen (secondary N) is 1. The number of carbonyl (C=O) groups excluding carboxylic acids is 1. The zero-order chi connectivity index (χ0) is 7.28. The minimum Gasteiger partial charge on any atom is -0.341 e. The van der Waals surface area contributed by atoms with Crippen LogP contribution >= 0.6 is 12.6 Å². The lowest BCUT2D eigenvalue weighted by molar-refractivity contribution is -0.116. The zero-order valence-corrected chi connectivity index (χ0v) is 5.86. The Labute approximate surface area is 58.5 Å². The number of hydrogen-bond donors (Lipinski definition) is 2. The third kappa shape index (κ3) is 5.36. The van der Waals surface area contributed by atoms with Crippen LogP contribution in [0.3, 0.4) is 0 Å². The van der Waals surface area contributed by atoms with Crippen molar-refractivity contribution in [2.45, 2.75) is 12.3 Å². The Morgan fingerprint density at radius 1 is 1.89 bits per heavy atom. The van der Waals surface area contributed by atoms with Crippen molar-refractivity contribution in [2.75, 3.05) is 0 Å². The van der Waals surface area contributed by atoms with E-state index in [0.717, 1.165) is 6.08 Å². The summed E-state index contributed by atoms with van der Waals surface area (Å²) in [6.07, 6.45) is 0.984. The van der Waals surface area contributed by atoms with Crippen molar-refractivity contribution in [2.24, 2.45) is 0 Å². The van der Waals surface area contributed by atoms with Gasteiger partial charge in [0.15, 0.2) is 0 Å². The summed E-state index contributed by atoms with van der Waals surface area (Å²) in [4.78, 5) is 10.4. The van der Waals surface area contributed by atoms with E-state index >= 15 is 0 Å². The minimum absolute atomic E-state index is 0.186. The maximum absolute atomic E-state index is 11.2. The highest BCUT2D eigenvalue weighted by molar-refractivity contribution is 7.80. The SMILES string of the molecule is CC(S)NC(=O)/C=C/F. The van der Waals surface area contributed by atoms with E-state index in [1.807, 2.05) is 0 Å². The molecule has 0 heterocycles. The van der Waals surface area contributed by atoms with E-state index in [1.165, 1.54) is 0 Å². The molecular weight excluding hydrogens is 141 g/mol. The molecule has 1 unspecified atom stereocenters. The summed E-state index contributed by atoms with van der Waals surface area (Å²) in [7, 11) is 0. The Kier molecular flexibility index (Phi) is 4.13. The first-order chi connectivity index (χ1) is 4.16. The van der Waals surface area contributed by atoms with Gasteiger partial charge in [0.1, 0.15) is 0 Å². The topological polar surface area (TPSA) is 29.1 Å². The molecule has 0 rings (SSSR count). The molecule has 4 heteroatoms. The van der Waals surface area contributed by atoms with Gasteiger partial charge in [0.2, 0.25) is 5.91 Å². The molecule has 0 radical (unpaired) electrons. The highest BCUT2D eigenvalue weighted by Crippen LogP contribution is 1.85. The molecule has 0 aliphatic rings. The molecule has 0 fully saturated rings. The van der Waals surface area contributed by atoms with Gasteiger partial charge in [0.25, 0.3) is 0 Å². The first-order valence-electron chi connectivity index (χ1n) is 2.42. The first kappa shape index (κ1) is 8.49. The molecule has 2 nitrogen and oxygen atoms in total. The Hall–Kier alpha value is -0.510. The van der Waals surface area contributed by atoms with Gasteiger partial charge in [-0.2, -0.15) is 12.6 Å². The van der Waals surface area contributed by atoms with E-state index in [2.05, 4.69) is 17.9 Å². The van der Waals surface area contributed by atoms with E-state index in [0.29, 0.717) is 0 Å². The molecule has 0 spiro atoms. The molecule has 0 bridgehead atoms. The second kappa shape index (κ2) is 4.38. The van der Waals surface area contributed by atoms with Crippen molar-refractivity contribution in [3.63, 3.8) is 0 Å². The van der Waals surface area contributed by atoms with Gasteiger partial charge in [0.05, 0.1) is 11.7 Å². The van der Waals surface area contributed by atoms with E-state index < -0.39 is 5.91 Å². The smallest absolute Gasteiger partial charge is 0.247 e. The van der Waals surface area contributed by atoms with Gasteiger partial charge < -0.3 is 5.32 Å². The lowest BCUT2D eigenvalue weighted by atomic mass is 10.5. The van der Waals surface area contributed by atoms with Crippen LogP contribution in [0.5, 0.6) is 0 Å². The van der Waals surface area contributed by atoms with Crippen molar-refractivity contribution in [1.29, 1.82) is 0 Å². The summed E-state index contributed by atoms with van der Waals surface area (Å²) in [5, 5.41) is 2.10. The predicted molar refractivity (Wildman–Crippen MR) is 36.8 cm³/mol. The normalized spacial score (nSPS) is 13.7. The Morgan fingerprint density at radius 2 is 2.44 bits per heavy atom. The van der Waals surface area contributed by atoms with Crippen molar-refractivity contribution in [3.05, 3.63) is 12.4 Å². The Balaban J connectivity index is 3.51. The lowest BCUT2D eigenvalue weighted by Crippen LogP contribution is -2.26. The van der Waals surface area contributed by atoms with Gasteiger partial charge in [-0.05, 0) is 6.92 Å². The van der Waals surface area contributed by atoms with Crippen LogP contribution in [0.15, 0.2) is 12.4 Å². The van der Waals surface area contributed by atoms with Crippen molar-refractivity contribution in [3.8, 4) is 0 Å². The molecule has 0 aromatic rings. The highest BCUT2D eigenvalue weighted by Gasteiger charge is 1.96. The van der Waals surface area contributed by atoms with Crippen LogP contribution in [0.1, 0.15) is 6.92 Å². The summed E-state index contributed by atoms with van der Waals surface area (Å²) in [6.45, 7) is 1.67. The van der Waals surface area contributed by atoms with Crippen molar-refractivity contribution < 1.29 is 9.18 Å². The molecular formula is C5H8FNOS. The molecule has 1 amide bonds. The fourth-order valence-corrected chi connectivity index (χ4v) is 0.438. The van der Waals surface area contributed by atoms with Crippen LogP contribution in [0.4, 0.5) is 4.39 Å². The molecule has 0 saturated heterocycles. The fraction of sp³-hybridized carbons (Fsp3) is 0.400. The average molecular weight is 149 g/mol. The molecule has 0 aliphatic heterocycles. The van der Waals surface area contributed by atoms with Crippen LogP contribution in [-0.4, -0.2) is 11.3 Å². The predicted octanol–water partition coefficient (Wildman–Crippen LogP) is 0.862. The lowest BCUT2D eigenvalue weighted by Gasteiger charge is -2.01. The second-order valence-corrected chi connectivity index (χ2v) is 2.25. The van der Waals surface area contributed by atoms with E-state index in [-0.39, 0.29) is 11.7 Å². The average Bonchev–Trinajstić information content (AvgIpc) is 1.63. The van der Waals surface area contributed by atoms with Crippen LogP contribution in [0.25, 0.3) is 0 Å². The van der Waals surface area contributed by atoms with Gasteiger partial charge >= 0.3 is 0 Å². The number of thiol groups is 1. The molecule has 1 N–H and O–H groups in total. The number of amides is 1. The van der Waals surface area contributed by atoms with Crippen LogP contribution in [-0.2, 0) is 4.79 Å². The molecule has 0 aromatic carbocycles. The zero-order valence-electron chi connectivity index (χ0n) is 4.97. The number of hydrogen-bond acceptors (Lipinski definition) is 2. The quantitative estimate of drug-likeness (QED) is 0.340. The number of carbonyl (C=O) groups is 1. The Morgan fingerprint density at radius 3 is 2.78 bits per heavy atom. The van der Waals surface area contributed by atoms with Gasteiger partial charge in [0, 0.05) is 6.08 Å². The molecule has 9 heavy (non-hydrogen) atoms. The molecule has 0 aliphatic carbocycles. The van der Waals surface area contributed by atoms with Gasteiger partial charge in [-0.15, -0.1) is 0 Å². The van der Waals surface area contributed by atoms with Gasteiger partial charge in [-0.1, -0.05) is 0 Å². The third-order valence-electron chi connectivity index (χ3n) is 0.566. The third-order valence-corrected chi connectivity index (χ3v) is 0.695. The van der Waals surface area contributed by atoms with Gasteiger partial charge in [-0.25, -0.2) is 4.39 Å². The summed E-state index contributed by atoms with van der Waals surface area (Å²) >= 11 is 3.84. The van der Waals surface area contributed by atoms with E-state index in [4.69, 9.17) is 0 Å². The first-order valence-corrected chi connectivity index (χ1v) is 2.93. The molecule has 1 atom stereocenters. The second-order valence-electron chi connectivity index (χ2n) is 1.48. The maximum Gasteiger partial charge on any atom is 0.247 e. The Bertz CT molecular complexity index is 124. The van der Waals surface area contributed by atoms with Crippen molar-refractivity contribution in [1.82, 2.24) is 5.32 Å². The van der Waals surface area contributed by atoms with Gasteiger partial charge in [-0.3, -0.25) is 4.79 Å².